The summed E-state index contributed by atoms with van der Waals surface area (Å²) in [5.41, 5.74) is 1.94. The van der Waals surface area contributed by atoms with Gasteiger partial charge in [-0.2, -0.15) is 0 Å². The average Bonchev–Trinajstić information content (AvgIpc) is 2.49. The lowest BCUT2D eigenvalue weighted by Crippen LogP contribution is -2.32. The standard InChI is InChI=1S/C16H23BrN2O/c1-19-10-7-13(8-11-19)6-9-18-16(20)15-4-2-14(12-17)3-5-15/h2-5,13H,6-12H2,1H3,(H,18,20). The Morgan fingerprint density at radius 1 is 1.30 bits per heavy atom. The van der Waals surface area contributed by atoms with Crippen LogP contribution in [0.25, 0.3) is 0 Å². The maximum absolute atomic E-state index is 12.0. The first-order valence-corrected chi connectivity index (χ1v) is 8.43. The molecule has 0 aliphatic carbocycles. The lowest BCUT2D eigenvalue weighted by atomic mass is 9.94. The number of alkyl halides is 1. The molecule has 1 N–H and O–H groups in total. The van der Waals surface area contributed by atoms with E-state index in [1.54, 1.807) is 0 Å². The summed E-state index contributed by atoms with van der Waals surface area (Å²) in [7, 11) is 2.18. The maximum atomic E-state index is 12.0. The van der Waals surface area contributed by atoms with Gasteiger partial charge in [-0.25, -0.2) is 0 Å². The quantitative estimate of drug-likeness (QED) is 0.837. The van der Waals surface area contributed by atoms with Crippen molar-refractivity contribution in [3.05, 3.63) is 35.4 Å². The molecule has 0 spiro atoms. The molecule has 1 aromatic carbocycles. The number of nitrogens with zero attached hydrogens (tertiary/aromatic N) is 1. The summed E-state index contributed by atoms with van der Waals surface area (Å²) in [5, 5.41) is 3.86. The lowest BCUT2D eigenvalue weighted by Gasteiger charge is -2.28. The molecule has 0 radical (unpaired) electrons. The van der Waals surface area contributed by atoms with Crippen LogP contribution in [0.2, 0.25) is 0 Å². The molecule has 0 saturated carbocycles. The summed E-state index contributed by atoms with van der Waals surface area (Å²) in [6.45, 7) is 3.16. The van der Waals surface area contributed by atoms with Crippen molar-refractivity contribution in [3.8, 4) is 0 Å². The molecular weight excluding hydrogens is 316 g/mol. The number of hydrogen-bond acceptors (Lipinski definition) is 2. The van der Waals surface area contributed by atoms with Crippen LogP contribution >= 0.6 is 15.9 Å². The minimum Gasteiger partial charge on any atom is -0.352 e. The van der Waals surface area contributed by atoms with Gasteiger partial charge in [0, 0.05) is 17.4 Å². The number of likely N-dealkylation sites (tertiary alicyclic amines) is 1. The zero-order valence-electron chi connectivity index (χ0n) is 12.1. The van der Waals surface area contributed by atoms with Crippen molar-refractivity contribution in [3.63, 3.8) is 0 Å². The molecule has 0 aromatic heterocycles. The summed E-state index contributed by atoms with van der Waals surface area (Å²) in [4.78, 5) is 14.4. The third-order valence-corrected chi connectivity index (χ3v) is 4.69. The van der Waals surface area contributed by atoms with E-state index in [9.17, 15) is 4.79 Å². The second-order valence-corrected chi connectivity index (χ2v) is 6.18. The Labute approximate surface area is 129 Å². The molecule has 4 heteroatoms. The van der Waals surface area contributed by atoms with Gasteiger partial charge in [-0.15, -0.1) is 0 Å². The van der Waals surface area contributed by atoms with Gasteiger partial charge < -0.3 is 10.2 Å². The van der Waals surface area contributed by atoms with E-state index in [0.29, 0.717) is 0 Å². The first-order valence-electron chi connectivity index (χ1n) is 7.30. The molecule has 3 nitrogen and oxygen atoms in total. The molecule has 1 amide bonds. The topological polar surface area (TPSA) is 32.3 Å². The van der Waals surface area contributed by atoms with Gasteiger partial charge in [0.15, 0.2) is 0 Å². The number of carbonyl (C=O) groups excluding carboxylic acids is 1. The maximum Gasteiger partial charge on any atom is 0.251 e. The van der Waals surface area contributed by atoms with Gasteiger partial charge in [-0.05, 0) is 63.0 Å². The van der Waals surface area contributed by atoms with E-state index in [2.05, 4.69) is 33.2 Å². The number of hydrogen-bond donors (Lipinski definition) is 1. The highest BCUT2D eigenvalue weighted by atomic mass is 79.9. The van der Waals surface area contributed by atoms with Gasteiger partial charge in [-0.3, -0.25) is 4.79 Å². The number of amides is 1. The van der Waals surface area contributed by atoms with E-state index in [1.807, 2.05) is 24.3 Å². The molecule has 0 atom stereocenters. The Morgan fingerprint density at radius 2 is 1.95 bits per heavy atom. The van der Waals surface area contributed by atoms with Gasteiger partial charge in [0.2, 0.25) is 0 Å². The van der Waals surface area contributed by atoms with Crippen molar-refractivity contribution in [1.29, 1.82) is 0 Å². The number of nitrogens with one attached hydrogen (secondary N) is 1. The van der Waals surface area contributed by atoms with Crippen LogP contribution in [0.5, 0.6) is 0 Å². The Balaban J connectivity index is 1.71. The van der Waals surface area contributed by atoms with E-state index < -0.39 is 0 Å². The monoisotopic (exact) mass is 338 g/mol. The van der Waals surface area contributed by atoms with Gasteiger partial charge >= 0.3 is 0 Å². The minimum absolute atomic E-state index is 0.0408. The van der Waals surface area contributed by atoms with Crippen molar-refractivity contribution < 1.29 is 4.79 Å². The third-order valence-electron chi connectivity index (χ3n) is 4.05. The van der Waals surface area contributed by atoms with Crippen LogP contribution in [0, 0.1) is 5.92 Å². The van der Waals surface area contributed by atoms with E-state index >= 15 is 0 Å². The molecule has 1 aliphatic heterocycles. The van der Waals surface area contributed by atoms with Crippen molar-refractivity contribution >= 4 is 21.8 Å². The first-order chi connectivity index (χ1) is 9.69. The zero-order valence-corrected chi connectivity index (χ0v) is 13.7. The fourth-order valence-electron chi connectivity index (χ4n) is 2.59. The second kappa shape index (κ2) is 7.79. The molecule has 0 unspecified atom stereocenters. The Hall–Kier alpha value is -0.870. The fourth-order valence-corrected chi connectivity index (χ4v) is 2.96. The van der Waals surface area contributed by atoms with Crippen LogP contribution in [0.3, 0.4) is 0 Å². The molecule has 0 bridgehead atoms. The van der Waals surface area contributed by atoms with E-state index in [0.717, 1.165) is 29.8 Å². The van der Waals surface area contributed by atoms with Gasteiger partial charge in [0.1, 0.15) is 0 Å². The Kier molecular flexibility index (Phi) is 6.05. The van der Waals surface area contributed by atoms with Gasteiger partial charge in [-0.1, -0.05) is 28.1 Å². The number of piperidine rings is 1. The summed E-state index contributed by atoms with van der Waals surface area (Å²) in [6, 6.07) is 7.75. The van der Waals surface area contributed by atoms with Crippen LogP contribution < -0.4 is 5.32 Å². The van der Waals surface area contributed by atoms with E-state index in [1.165, 1.54) is 31.5 Å². The van der Waals surface area contributed by atoms with Crippen molar-refractivity contribution in [2.45, 2.75) is 24.6 Å². The fraction of sp³-hybridized carbons (Fsp3) is 0.562. The predicted octanol–water partition coefficient (Wildman–Crippen LogP) is 3.04. The highest BCUT2D eigenvalue weighted by molar-refractivity contribution is 9.08. The molecule has 1 fully saturated rings. The van der Waals surface area contributed by atoms with E-state index in [4.69, 9.17) is 0 Å². The third kappa shape index (κ3) is 4.60. The molecule has 1 aliphatic rings. The number of carbonyl (C=O) groups is 1. The molecule has 1 saturated heterocycles. The average molecular weight is 339 g/mol. The number of rotatable bonds is 5. The smallest absolute Gasteiger partial charge is 0.251 e. The Morgan fingerprint density at radius 3 is 2.55 bits per heavy atom. The number of halogens is 1. The summed E-state index contributed by atoms with van der Waals surface area (Å²) < 4.78 is 0. The summed E-state index contributed by atoms with van der Waals surface area (Å²) >= 11 is 3.41. The lowest BCUT2D eigenvalue weighted by molar-refractivity contribution is 0.0949. The predicted molar refractivity (Wildman–Crippen MR) is 86.2 cm³/mol. The molecule has 20 heavy (non-hydrogen) atoms. The summed E-state index contributed by atoms with van der Waals surface area (Å²) in [6.07, 6.45) is 3.61. The second-order valence-electron chi connectivity index (χ2n) is 5.62. The minimum atomic E-state index is 0.0408. The van der Waals surface area contributed by atoms with Crippen LogP contribution in [-0.4, -0.2) is 37.5 Å². The number of benzene rings is 1. The normalized spacial score (nSPS) is 17.1. The van der Waals surface area contributed by atoms with Crippen LogP contribution in [0.15, 0.2) is 24.3 Å². The van der Waals surface area contributed by atoms with Gasteiger partial charge in [0.05, 0.1) is 0 Å². The van der Waals surface area contributed by atoms with Crippen molar-refractivity contribution in [1.82, 2.24) is 10.2 Å². The van der Waals surface area contributed by atoms with Gasteiger partial charge in [0.25, 0.3) is 5.91 Å². The molecular formula is C16H23BrN2O. The van der Waals surface area contributed by atoms with E-state index in [-0.39, 0.29) is 5.91 Å². The molecule has 110 valence electrons. The Bertz CT molecular complexity index is 425. The first kappa shape index (κ1) is 15.5. The molecule has 2 rings (SSSR count). The van der Waals surface area contributed by atoms with Crippen LogP contribution in [-0.2, 0) is 5.33 Å². The highest BCUT2D eigenvalue weighted by Gasteiger charge is 2.16. The molecule has 1 aromatic rings. The van der Waals surface area contributed by atoms with Crippen LogP contribution in [0.1, 0.15) is 35.2 Å². The van der Waals surface area contributed by atoms with Crippen LogP contribution in [0.4, 0.5) is 0 Å². The van der Waals surface area contributed by atoms with Crippen molar-refractivity contribution in [2.24, 2.45) is 5.92 Å². The molecule has 1 heterocycles. The highest BCUT2D eigenvalue weighted by Crippen LogP contribution is 2.18. The largest absolute Gasteiger partial charge is 0.352 e. The summed E-state index contributed by atoms with van der Waals surface area (Å²) in [5.74, 6) is 0.807. The zero-order chi connectivity index (χ0) is 14.4. The van der Waals surface area contributed by atoms with Crippen molar-refractivity contribution in [2.75, 3.05) is 26.7 Å². The SMILES string of the molecule is CN1CCC(CCNC(=O)c2ccc(CBr)cc2)CC1.